The average Bonchev–Trinajstić information content (AvgIpc) is 2.77. The first-order chi connectivity index (χ1) is 15.0. The van der Waals surface area contributed by atoms with Gasteiger partial charge in [0.15, 0.2) is 0 Å². The van der Waals surface area contributed by atoms with E-state index in [2.05, 4.69) is 31.3 Å². The highest BCUT2D eigenvalue weighted by molar-refractivity contribution is 5.95. The first kappa shape index (κ1) is 22.4. The predicted molar refractivity (Wildman–Crippen MR) is 126 cm³/mol. The number of para-hydroxylation sites is 1. The van der Waals surface area contributed by atoms with E-state index >= 15 is 0 Å². The van der Waals surface area contributed by atoms with E-state index in [1.54, 1.807) is 0 Å². The van der Waals surface area contributed by atoms with Gasteiger partial charge >= 0.3 is 0 Å². The first-order valence-corrected chi connectivity index (χ1v) is 10.8. The third-order valence-corrected chi connectivity index (χ3v) is 4.98. The maximum absolute atomic E-state index is 12.7. The molecule has 0 spiro atoms. The second-order valence-corrected chi connectivity index (χ2v) is 8.09. The molecule has 1 atom stereocenters. The molecular formula is C27H31NO3. The van der Waals surface area contributed by atoms with Crippen molar-refractivity contribution in [2.24, 2.45) is 5.92 Å². The van der Waals surface area contributed by atoms with E-state index in [-0.39, 0.29) is 11.8 Å². The molecule has 1 N–H and O–H groups in total. The van der Waals surface area contributed by atoms with Crippen molar-refractivity contribution in [3.05, 3.63) is 90.0 Å². The molecule has 0 aliphatic rings. The van der Waals surface area contributed by atoms with E-state index in [1.165, 1.54) is 5.56 Å². The Hall–Kier alpha value is -3.27. The molecular weight excluding hydrogens is 386 g/mol. The highest BCUT2D eigenvalue weighted by Gasteiger charge is 2.15. The lowest BCUT2D eigenvalue weighted by atomic mass is 9.96. The van der Waals surface area contributed by atoms with Crippen molar-refractivity contribution in [3.63, 3.8) is 0 Å². The van der Waals surface area contributed by atoms with Crippen LogP contribution >= 0.6 is 0 Å². The highest BCUT2D eigenvalue weighted by atomic mass is 16.5. The van der Waals surface area contributed by atoms with Crippen LogP contribution in [0.5, 0.6) is 11.5 Å². The zero-order valence-electron chi connectivity index (χ0n) is 18.5. The molecule has 4 heteroatoms. The van der Waals surface area contributed by atoms with E-state index in [1.807, 2.05) is 73.7 Å². The van der Waals surface area contributed by atoms with Crippen molar-refractivity contribution < 1.29 is 14.3 Å². The molecule has 0 aromatic heterocycles. The van der Waals surface area contributed by atoms with Gasteiger partial charge in [0.05, 0.1) is 5.92 Å². The summed E-state index contributed by atoms with van der Waals surface area (Å²) in [6.07, 6.45) is 1.05. The zero-order valence-corrected chi connectivity index (χ0v) is 18.5. The summed E-state index contributed by atoms with van der Waals surface area (Å²) >= 11 is 0. The largest absolute Gasteiger partial charge is 0.490 e. The number of anilines is 1. The summed E-state index contributed by atoms with van der Waals surface area (Å²) in [7, 11) is 0. The molecule has 0 aliphatic heterocycles. The van der Waals surface area contributed by atoms with Gasteiger partial charge in [-0.15, -0.1) is 0 Å². The molecule has 0 radical (unpaired) electrons. The molecule has 3 rings (SSSR count). The molecule has 1 unspecified atom stereocenters. The summed E-state index contributed by atoms with van der Waals surface area (Å²) < 4.78 is 11.4. The maximum atomic E-state index is 12.7. The summed E-state index contributed by atoms with van der Waals surface area (Å²) in [5, 5.41) is 2.99. The lowest BCUT2D eigenvalue weighted by molar-refractivity contribution is -0.117. The van der Waals surface area contributed by atoms with Gasteiger partial charge in [0, 0.05) is 11.8 Å². The van der Waals surface area contributed by atoms with Crippen LogP contribution in [-0.2, 0) is 11.2 Å². The van der Waals surface area contributed by atoms with Gasteiger partial charge in [-0.3, -0.25) is 4.79 Å². The Morgan fingerprint density at radius 1 is 0.806 bits per heavy atom. The van der Waals surface area contributed by atoms with Gasteiger partial charge in [0.1, 0.15) is 24.7 Å². The minimum absolute atomic E-state index is 0.0406. The Bertz CT molecular complexity index is 952. The number of benzene rings is 3. The Morgan fingerprint density at radius 2 is 1.45 bits per heavy atom. The van der Waals surface area contributed by atoms with E-state index < -0.39 is 0 Å². The number of nitrogens with one attached hydrogen (secondary N) is 1. The van der Waals surface area contributed by atoms with Gasteiger partial charge in [-0.1, -0.05) is 62.4 Å². The van der Waals surface area contributed by atoms with E-state index in [0.717, 1.165) is 23.4 Å². The van der Waals surface area contributed by atoms with Crippen LogP contribution < -0.4 is 14.8 Å². The third-order valence-electron chi connectivity index (χ3n) is 4.98. The fourth-order valence-corrected chi connectivity index (χ4v) is 3.32. The molecule has 162 valence electrons. The molecule has 0 saturated heterocycles. The SMILES string of the molecule is CC(C)Cc1ccc(C(C)C(=O)Nc2cccc(OCCOc3ccccc3)c2)cc1. The molecule has 0 saturated carbocycles. The van der Waals surface area contributed by atoms with Crippen molar-refractivity contribution in [2.45, 2.75) is 33.1 Å². The maximum Gasteiger partial charge on any atom is 0.231 e. The minimum atomic E-state index is -0.239. The van der Waals surface area contributed by atoms with Gasteiger partial charge in [0.25, 0.3) is 0 Å². The van der Waals surface area contributed by atoms with Crippen LogP contribution in [0, 0.1) is 5.92 Å². The molecule has 3 aromatic carbocycles. The number of carbonyl (C=O) groups excluding carboxylic acids is 1. The van der Waals surface area contributed by atoms with Gasteiger partial charge in [-0.05, 0) is 54.7 Å². The van der Waals surface area contributed by atoms with Crippen LogP contribution in [0.1, 0.15) is 37.8 Å². The average molecular weight is 418 g/mol. The summed E-state index contributed by atoms with van der Waals surface area (Å²) in [4.78, 5) is 12.7. The Kier molecular flexibility index (Phi) is 8.11. The van der Waals surface area contributed by atoms with Crippen molar-refractivity contribution >= 4 is 11.6 Å². The smallest absolute Gasteiger partial charge is 0.231 e. The predicted octanol–water partition coefficient (Wildman–Crippen LogP) is 6.09. The molecule has 3 aromatic rings. The quantitative estimate of drug-likeness (QED) is 0.406. The van der Waals surface area contributed by atoms with Crippen LogP contribution in [0.2, 0.25) is 0 Å². The number of carbonyl (C=O) groups is 1. The number of hydrogen-bond donors (Lipinski definition) is 1. The minimum Gasteiger partial charge on any atom is -0.490 e. The number of rotatable bonds is 10. The van der Waals surface area contributed by atoms with Crippen molar-refractivity contribution in [2.75, 3.05) is 18.5 Å². The number of amides is 1. The number of ether oxygens (including phenoxy) is 2. The van der Waals surface area contributed by atoms with Gasteiger partial charge in [-0.25, -0.2) is 0 Å². The van der Waals surface area contributed by atoms with Gasteiger partial charge in [-0.2, -0.15) is 0 Å². The lowest BCUT2D eigenvalue weighted by Gasteiger charge is -2.14. The fourth-order valence-electron chi connectivity index (χ4n) is 3.32. The Balaban J connectivity index is 1.50. The second-order valence-electron chi connectivity index (χ2n) is 8.09. The van der Waals surface area contributed by atoms with Crippen LogP contribution in [0.4, 0.5) is 5.69 Å². The van der Waals surface area contributed by atoms with E-state index in [0.29, 0.717) is 24.9 Å². The molecule has 1 amide bonds. The second kappa shape index (κ2) is 11.2. The topological polar surface area (TPSA) is 47.6 Å². The van der Waals surface area contributed by atoms with Crippen molar-refractivity contribution in [3.8, 4) is 11.5 Å². The Morgan fingerprint density at radius 3 is 2.13 bits per heavy atom. The lowest BCUT2D eigenvalue weighted by Crippen LogP contribution is -2.19. The monoisotopic (exact) mass is 417 g/mol. The molecule has 0 bridgehead atoms. The van der Waals surface area contributed by atoms with Crippen LogP contribution in [0.25, 0.3) is 0 Å². The normalized spacial score (nSPS) is 11.7. The third kappa shape index (κ3) is 7.18. The summed E-state index contributed by atoms with van der Waals surface area (Å²) in [5.74, 6) is 1.85. The fraction of sp³-hybridized carbons (Fsp3) is 0.296. The molecule has 0 aliphatic carbocycles. The molecule has 4 nitrogen and oxygen atoms in total. The molecule has 0 fully saturated rings. The van der Waals surface area contributed by atoms with Gasteiger partial charge in [0.2, 0.25) is 5.91 Å². The summed E-state index contributed by atoms with van der Waals surface area (Å²) in [6, 6.07) is 25.4. The van der Waals surface area contributed by atoms with Crippen molar-refractivity contribution in [1.29, 1.82) is 0 Å². The van der Waals surface area contributed by atoms with Gasteiger partial charge < -0.3 is 14.8 Å². The van der Waals surface area contributed by atoms with Crippen LogP contribution in [0.3, 0.4) is 0 Å². The molecule has 31 heavy (non-hydrogen) atoms. The van der Waals surface area contributed by atoms with Crippen LogP contribution in [0.15, 0.2) is 78.9 Å². The standard InChI is InChI=1S/C27H31NO3/c1-20(2)18-22-12-14-23(15-13-22)21(3)27(29)28-24-8-7-11-26(19-24)31-17-16-30-25-9-5-4-6-10-25/h4-15,19-21H,16-18H2,1-3H3,(H,28,29). The van der Waals surface area contributed by atoms with Crippen molar-refractivity contribution in [1.82, 2.24) is 0 Å². The summed E-state index contributed by atoms with van der Waals surface area (Å²) in [6.45, 7) is 7.21. The molecule has 0 heterocycles. The zero-order chi connectivity index (χ0) is 22.1. The first-order valence-electron chi connectivity index (χ1n) is 10.8. The van der Waals surface area contributed by atoms with Crippen LogP contribution in [-0.4, -0.2) is 19.1 Å². The van der Waals surface area contributed by atoms with E-state index in [9.17, 15) is 4.79 Å². The highest BCUT2D eigenvalue weighted by Crippen LogP contribution is 2.22. The van der Waals surface area contributed by atoms with E-state index in [4.69, 9.17) is 9.47 Å². The number of hydrogen-bond acceptors (Lipinski definition) is 3. The summed E-state index contributed by atoms with van der Waals surface area (Å²) in [5.41, 5.74) is 3.03. The Labute approximate surface area is 185 Å².